The summed E-state index contributed by atoms with van der Waals surface area (Å²) in [6.45, 7) is 2.66. The van der Waals surface area contributed by atoms with Crippen LogP contribution in [-0.2, 0) is 4.74 Å². The van der Waals surface area contributed by atoms with Gasteiger partial charge in [0.2, 0.25) is 0 Å². The molecular formula is C22H25F5N6O2S. The molecular weight excluding hydrogens is 507 g/mol. The van der Waals surface area contributed by atoms with Crippen molar-refractivity contribution in [1.29, 1.82) is 0 Å². The van der Waals surface area contributed by atoms with Crippen molar-refractivity contribution in [3.05, 3.63) is 47.4 Å². The highest BCUT2D eigenvalue weighted by atomic mass is 32.5. The van der Waals surface area contributed by atoms with E-state index < -0.39 is 26.7 Å². The van der Waals surface area contributed by atoms with E-state index in [-0.39, 0.29) is 29.7 Å². The second-order valence-electron chi connectivity index (χ2n) is 9.07. The third kappa shape index (κ3) is 4.84. The molecule has 1 aromatic carbocycles. The lowest BCUT2D eigenvalue weighted by molar-refractivity contribution is 0.0228. The Balaban J connectivity index is 1.31. The van der Waals surface area contributed by atoms with Crippen LogP contribution in [0.2, 0.25) is 0 Å². The van der Waals surface area contributed by atoms with E-state index in [4.69, 9.17) is 10.5 Å². The van der Waals surface area contributed by atoms with Crippen LogP contribution in [0.4, 0.5) is 25.1 Å². The number of aromatic nitrogens is 3. The molecule has 14 heteroatoms. The molecule has 36 heavy (non-hydrogen) atoms. The number of piperidine rings is 1. The number of amides is 1. The Morgan fingerprint density at radius 2 is 1.89 bits per heavy atom. The molecule has 1 amide bonds. The van der Waals surface area contributed by atoms with Crippen molar-refractivity contribution in [1.82, 2.24) is 25.2 Å². The van der Waals surface area contributed by atoms with E-state index in [1.54, 1.807) is 6.20 Å². The molecule has 0 saturated carbocycles. The highest BCUT2D eigenvalue weighted by Crippen LogP contribution is 3.02. The number of nitrogen functional groups attached to an aromatic ring is 1. The van der Waals surface area contributed by atoms with Gasteiger partial charge in [-0.15, -0.1) is 0 Å². The fraction of sp³-hybridized carbons (Fsp3) is 0.409. The molecule has 2 aliphatic rings. The maximum atomic E-state index is 13.1. The number of carbonyl (C=O) groups is 1. The number of carbonyl (C=O) groups excluding carboxylic acids is 1. The third-order valence-electron chi connectivity index (χ3n) is 6.60. The van der Waals surface area contributed by atoms with Crippen LogP contribution in [-0.4, -0.2) is 58.5 Å². The molecule has 2 saturated heterocycles. The summed E-state index contributed by atoms with van der Waals surface area (Å²) in [6, 6.07) is 2.98. The molecule has 5 rings (SSSR count). The summed E-state index contributed by atoms with van der Waals surface area (Å²) in [5, 5.41) is 3.26. The monoisotopic (exact) mass is 532 g/mol. The molecule has 2 fully saturated rings. The first-order chi connectivity index (χ1) is 16.8. The second kappa shape index (κ2) is 8.02. The van der Waals surface area contributed by atoms with Gasteiger partial charge in [0.05, 0.1) is 17.7 Å². The number of aromatic amines is 1. The van der Waals surface area contributed by atoms with E-state index in [9.17, 15) is 24.2 Å². The average Bonchev–Trinajstić information content (AvgIpc) is 3.27. The normalized spacial score (nSPS) is 21.8. The van der Waals surface area contributed by atoms with Crippen LogP contribution in [0.25, 0.3) is 11.2 Å². The van der Waals surface area contributed by atoms with Gasteiger partial charge in [-0.2, -0.15) is 0 Å². The van der Waals surface area contributed by atoms with E-state index in [2.05, 4.69) is 20.3 Å². The summed E-state index contributed by atoms with van der Waals surface area (Å²) in [6.07, 6.45) is 2.66. The molecule has 4 heterocycles. The topological polar surface area (TPSA) is 109 Å². The minimum atomic E-state index is -9.88. The number of hydrogen-bond acceptors (Lipinski definition) is 6. The molecule has 1 atom stereocenters. The standard InChI is InChI=1S/C22H25F5N6O2S/c23-36(24,25,26,27)14-1-2-16(17(28)11-14)22(34)33-8-4-13(5-9-33)15-3-6-30-21-19(15)31-20(32-21)18-12-29-7-10-35-18/h1-3,6,11,13,18,29H,4-5,7-10,12,28H2,(H,30,31,32). The van der Waals surface area contributed by atoms with Gasteiger partial charge in [-0.1, -0.05) is 19.4 Å². The van der Waals surface area contributed by atoms with Crippen molar-refractivity contribution in [3.63, 3.8) is 0 Å². The van der Waals surface area contributed by atoms with Crippen molar-refractivity contribution in [3.8, 4) is 0 Å². The summed E-state index contributed by atoms with van der Waals surface area (Å²) in [5.74, 6) is 0.187. The number of nitrogens with zero attached hydrogens (tertiary/aromatic N) is 3. The fourth-order valence-electron chi connectivity index (χ4n) is 4.72. The molecule has 0 radical (unpaired) electrons. The van der Waals surface area contributed by atoms with E-state index in [0.717, 1.165) is 23.7 Å². The first-order valence-corrected chi connectivity index (χ1v) is 13.3. The van der Waals surface area contributed by atoms with Gasteiger partial charge in [0, 0.05) is 38.1 Å². The van der Waals surface area contributed by atoms with Crippen molar-refractivity contribution in [2.24, 2.45) is 0 Å². The van der Waals surface area contributed by atoms with Crippen LogP contribution in [0.15, 0.2) is 35.4 Å². The predicted octanol–water partition coefficient (Wildman–Crippen LogP) is 4.88. The zero-order chi connectivity index (χ0) is 25.8. The highest BCUT2D eigenvalue weighted by Gasteiger charge is 2.65. The largest absolute Gasteiger partial charge is 0.398 e. The molecule has 0 spiro atoms. The number of halogens is 5. The number of hydrogen-bond donors (Lipinski definition) is 3. The molecule has 8 nitrogen and oxygen atoms in total. The van der Waals surface area contributed by atoms with Crippen molar-refractivity contribution in [2.45, 2.75) is 29.8 Å². The highest BCUT2D eigenvalue weighted by molar-refractivity contribution is 8.45. The van der Waals surface area contributed by atoms with Crippen LogP contribution in [0.1, 0.15) is 46.6 Å². The quantitative estimate of drug-likeness (QED) is 0.327. The summed E-state index contributed by atoms with van der Waals surface area (Å²) in [4.78, 5) is 24.5. The molecule has 196 valence electrons. The van der Waals surface area contributed by atoms with Crippen molar-refractivity contribution in [2.75, 3.05) is 38.5 Å². The average molecular weight is 533 g/mol. The number of nitrogens with one attached hydrogen (secondary N) is 2. The number of rotatable bonds is 4. The Kier molecular flexibility index (Phi) is 5.50. The lowest BCUT2D eigenvalue weighted by Crippen LogP contribution is -2.38. The summed E-state index contributed by atoms with van der Waals surface area (Å²) in [7, 11) is -9.88. The molecule has 1 unspecified atom stereocenters. The Morgan fingerprint density at radius 1 is 1.14 bits per heavy atom. The number of nitrogens with two attached hydrogens (primary N) is 1. The number of H-pyrrole nitrogens is 1. The number of morpholine rings is 1. The van der Waals surface area contributed by atoms with E-state index in [0.29, 0.717) is 50.6 Å². The Labute approximate surface area is 203 Å². The SMILES string of the molecule is Nc1cc(S(F)(F)(F)(F)F)ccc1C(=O)N1CCC(c2ccnc3nc(C4CNCCO4)[nH]c23)CC1. The molecule has 4 N–H and O–H groups in total. The second-order valence-corrected chi connectivity index (χ2v) is 11.5. The molecule has 0 aliphatic carbocycles. The maximum absolute atomic E-state index is 13.1. The Bertz CT molecular complexity index is 1320. The number of likely N-dealkylation sites (tertiary alicyclic amines) is 1. The van der Waals surface area contributed by atoms with Crippen LogP contribution >= 0.6 is 10.2 Å². The van der Waals surface area contributed by atoms with Crippen LogP contribution in [0.3, 0.4) is 0 Å². The number of pyridine rings is 1. The van der Waals surface area contributed by atoms with Gasteiger partial charge in [0.1, 0.15) is 16.8 Å². The van der Waals surface area contributed by atoms with Crippen molar-refractivity contribution >= 4 is 33.0 Å². The number of benzene rings is 1. The lowest BCUT2D eigenvalue weighted by atomic mass is 9.89. The number of ether oxygens (including phenoxy) is 1. The summed E-state index contributed by atoms with van der Waals surface area (Å²) in [5.41, 5.74) is 7.12. The number of fused-ring (bicyclic) bond motifs is 1. The minimum Gasteiger partial charge on any atom is -0.398 e. The van der Waals surface area contributed by atoms with E-state index in [1.807, 2.05) is 6.07 Å². The van der Waals surface area contributed by atoms with Gasteiger partial charge >= 0.3 is 10.2 Å². The van der Waals surface area contributed by atoms with Gasteiger partial charge < -0.3 is 25.7 Å². The molecule has 2 aliphatic heterocycles. The maximum Gasteiger partial charge on any atom is 0.310 e. The molecule has 3 aromatic rings. The van der Waals surface area contributed by atoms with Gasteiger partial charge in [-0.3, -0.25) is 4.79 Å². The predicted molar refractivity (Wildman–Crippen MR) is 126 cm³/mol. The zero-order valence-corrected chi connectivity index (χ0v) is 19.8. The van der Waals surface area contributed by atoms with Gasteiger partial charge in [0.25, 0.3) is 5.91 Å². The first-order valence-electron chi connectivity index (χ1n) is 11.4. The lowest BCUT2D eigenvalue weighted by Gasteiger charge is -2.40. The Hall–Kier alpha value is -2.97. The van der Waals surface area contributed by atoms with Gasteiger partial charge in [-0.25, -0.2) is 9.97 Å². The molecule has 2 aromatic heterocycles. The fourth-order valence-corrected chi connectivity index (χ4v) is 5.40. The van der Waals surface area contributed by atoms with Gasteiger partial charge in [0.15, 0.2) is 5.65 Å². The number of anilines is 1. The van der Waals surface area contributed by atoms with E-state index >= 15 is 0 Å². The summed E-state index contributed by atoms with van der Waals surface area (Å²) >= 11 is 0. The van der Waals surface area contributed by atoms with E-state index in [1.165, 1.54) is 4.90 Å². The van der Waals surface area contributed by atoms with Crippen LogP contribution in [0, 0.1) is 0 Å². The first kappa shape index (κ1) is 24.7. The Morgan fingerprint density at radius 3 is 2.53 bits per heavy atom. The zero-order valence-electron chi connectivity index (χ0n) is 19.0. The van der Waals surface area contributed by atoms with Crippen LogP contribution in [0.5, 0.6) is 0 Å². The van der Waals surface area contributed by atoms with Crippen LogP contribution < -0.4 is 11.1 Å². The minimum absolute atomic E-state index is 0.0890. The van der Waals surface area contributed by atoms with Gasteiger partial charge in [-0.05, 0) is 48.6 Å². The smallest absolute Gasteiger partial charge is 0.310 e. The molecule has 0 bridgehead atoms. The third-order valence-corrected chi connectivity index (χ3v) is 7.74. The van der Waals surface area contributed by atoms with Crippen molar-refractivity contribution < 1.29 is 29.0 Å². The number of imidazole rings is 1. The summed E-state index contributed by atoms with van der Waals surface area (Å²) < 4.78 is 71.1.